The lowest BCUT2D eigenvalue weighted by Crippen LogP contribution is -2.32. The zero-order valence-electron chi connectivity index (χ0n) is 20.6. The molecule has 35 heavy (non-hydrogen) atoms. The van der Waals surface area contributed by atoms with E-state index in [1.807, 2.05) is 19.1 Å². The Kier molecular flexibility index (Phi) is 7.90. The van der Waals surface area contributed by atoms with Gasteiger partial charge in [0.25, 0.3) is 0 Å². The van der Waals surface area contributed by atoms with Gasteiger partial charge in [-0.2, -0.15) is 5.10 Å². The minimum atomic E-state index is -0.757. The Hall–Kier alpha value is -3.14. The molecule has 4 rings (SSSR count). The van der Waals surface area contributed by atoms with Crippen molar-refractivity contribution in [3.05, 3.63) is 29.7 Å². The van der Waals surface area contributed by atoms with E-state index in [1.54, 1.807) is 29.9 Å². The van der Waals surface area contributed by atoms with Crippen LogP contribution in [-0.4, -0.2) is 69.7 Å². The molecule has 0 spiro atoms. The van der Waals surface area contributed by atoms with E-state index < -0.39 is 5.97 Å². The molecule has 0 bridgehead atoms. The lowest BCUT2D eigenvalue weighted by molar-refractivity contribution is -0.143. The molecule has 1 saturated carbocycles. The average Bonchev–Trinajstić information content (AvgIpc) is 3.48. The minimum absolute atomic E-state index is 0.0772. The summed E-state index contributed by atoms with van der Waals surface area (Å²) in [6.07, 6.45) is 5.04. The van der Waals surface area contributed by atoms with Gasteiger partial charge in [-0.05, 0) is 51.2 Å². The molecule has 3 atom stereocenters. The van der Waals surface area contributed by atoms with Gasteiger partial charge in [-0.25, -0.2) is 9.78 Å². The second-order valence-electron chi connectivity index (χ2n) is 9.51. The van der Waals surface area contributed by atoms with E-state index >= 15 is 0 Å². The summed E-state index contributed by atoms with van der Waals surface area (Å²) in [4.78, 5) is 30.1. The largest absolute Gasteiger partial charge is 0.489 e. The molecule has 1 unspecified atom stereocenters. The average molecular weight is 487 g/mol. The van der Waals surface area contributed by atoms with Gasteiger partial charge in [0.2, 0.25) is 0 Å². The summed E-state index contributed by atoms with van der Waals surface area (Å²) in [6.45, 7) is 3.97. The van der Waals surface area contributed by atoms with E-state index in [0.717, 1.165) is 37.1 Å². The topological polar surface area (TPSA) is 116 Å². The van der Waals surface area contributed by atoms with Crippen molar-refractivity contribution in [3.8, 4) is 17.0 Å². The second-order valence-corrected chi connectivity index (χ2v) is 9.51. The maximum Gasteiger partial charge on any atom is 0.409 e. The highest BCUT2D eigenvalue weighted by molar-refractivity contribution is 5.70. The van der Waals surface area contributed by atoms with Crippen molar-refractivity contribution < 1.29 is 28.9 Å². The van der Waals surface area contributed by atoms with Gasteiger partial charge in [0, 0.05) is 38.7 Å². The summed E-state index contributed by atoms with van der Waals surface area (Å²) in [7, 11) is 3.54. The summed E-state index contributed by atoms with van der Waals surface area (Å²) >= 11 is 0. The van der Waals surface area contributed by atoms with Crippen LogP contribution in [0.5, 0.6) is 5.75 Å². The smallest absolute Gasteiger partial charge is 0.409 e. The van der Waals surface area contributed by atoms with Crippen molar-refractivity contribution >= 4 is 12.1 Å². The van der Waals surface area contributed by atoms with Crippen molar-refractivity contribution in [2.45, 2.75) is 51.7 Å². The number of carboxylic acids is 1. The van der Waals surface area contributed by atoms with Gasteiger partial charge in [0.1, 0.15) is 12.4 Å². The van der Waals surface area contributed by atoms with Crippen LogP contribution in [0.3, 0.4) is 0 Å². The van der Waals surface area contributed by atoms with Gasteiger partial charge in [-0.15, -0.1) is 0 Å². The number of carbonyl (C=O) groups is 2. The van der Waals surface area contributed by atoms with Crippen LogP contribution in [0.25, 0.3) is 11.3 Å². The monoisotopic (exact) mass is 486 g/mol. The van der Waals surface area contributed by atoms with Gasteiger partial charge >= 0.3 is 12.1 Å². The van der Waals surface area contributed by atoms with Crippen LogP contribution < -0.4 is 4.74 Å². The number of carboxylic acid groups (broad SMARTS) is 1. The first kappa shape index (κ1) is 25.0. The molecule has 2 fully saturated rings. The lowest BCUT2D eigenvalue weighted by Gasteiger charge is -2.27. The van der Waals surface area contributed by atoms with E-state index in [4.69, 9.17) is 19.2 Å². The van der Waals surface area contributed by atoms with E-state index in [1.165, 1.54) is 0 Å². The summed E-state index contributed by atoms with van der Waals surface area (Å²) in [5.41, 5.74) is 2.95. The summed E-state index contributed by atoms with van der Waals surface area (Å²) in [6, 6.07) is 3.72. The standard InChI is InChI=1S/C25H34N4O6/c1-16-23(35-19-6-4-5-18(11-19)24(30)31)8-7-21(27-16)20-12-26-29(3)22(20)15-34-25(32)28(2)13-17-9-10-33-14-17/h7-8,12,17-19H,4-6,9-11,13-15H2,1-3H3,(H,30,31)/t17?,18-,19-/m0/s1. The fourth-order valence-electron chi connectivity index (χ4n) is 4.76. The minimum Gasteiger partial charge on any atom is -0.489 e. The molecule has 0 radical (unpaired) electrons. The number of hydrogen-bond acceptors (Lipinski definition) is 7. The van der Waals surface area contributed by atoms with Gasteiger partial charge in [-0.3, -0.25) is 9.48 Å². The SMILES string of the molecule is Cc1nc(-c2cnn(C)c2COC(=O)N(C)CC2CCOC2)ccc1O[C@H]1CCC[C@H](C(=O)O)C1. The number of aliphatic carboxylic acids is 1. The highest BCUT2D eigenvalue weighted by Gasteiger charge is 2.28. The summed E-state index contributed by atoms with van der Waals surface area (Å²) in [5.74, 6) is -0.116. The highest BCUT2D eigenvalue weighted by atomic mass is 16.6. The Labute approximate surface area is 205 Å². The first-order chi connectivity index (χ1) is 16.8. The van der Waals surface area contributed by atoms with Crippen LogP contribution in [0, 0.1) is 18.8 Å². The fraction of sp³-hybridized carbons (Fsp3) is 0.600. The highest BCUT2D eigenvalue weighted by Crippen LogP contribution is 2.31. The molecule has 10 heteroatoms. The predicted molar refractivity (Wildman–Crippen MR) is 127 cm³/mol. The Bertz CT molecular complexity index is 1050. The van der Waals surface area contributed by atoms with Crippen LogP contribution >= 0.6 is 0 Å². The van der Waals surface area contributed by atoms with E-state index in [9.17, 15) is 14.7 Å². The third kappa shape index (κ3) is 6.11. The van der Waals surface area contributed by atoms with Crippen LogP contribution in [0.4, 0.5) is 4.79 Å². The molecule has 2 aromatic rings. The third-order valence-corrected chi connectivity index (χ3v) is 6.84. The van der Waals surface area contributed by atoms with Crippen LogP contribution in [0.2, 0.25) is 0 Å². The van der Waals surface area contributed by atoms with Crippen molar-refractivity contribution in [3.63, 3.8) is 0 Å². The van der Waals surface area contributed by atoms with Gasteiger partial charge in [0.15, 0.2) is 0 Å². The maximum atomic E-state index is 12.5. The van der Waals surface area contributed by atoms with E-state index in [-0.39, 0.29) is 24.7 Å². The van der Waals surface area contributed by atoms with Crippen LogP contribution in [-0.2, 0) is 27.9 Å². The number of aryl methyl sites for hydroxylation is 2. The number of pyridine rings is 1. The van der Waals surface area contributed by atoms with Crippen molar-refractivity contribution in [1.29, 1.82) is 0 Å². The summed E-state index contributed by atoms with van der Waals surface area (Å²) in [5, 5.41) is 13.7. The van der Waals surface area contributed by atoms with Crippen molar-refractivity contribution in [2.24, 2.45) is 18.9 Å². The molecule has 2 aliphatic rings. The van der Waals surface area contributed by atoms with Crippen LogP contribution in [0.15, 0.2) is 18.3 Å². The fourth-order valence-corrected chi connectivity index (χ4v) is 4.76. The molecule has 1 saturated heterocycles. The molecule has 0 aromatic carbocycles. The molecule has 3 heterocycles. The molecular weight excluding hydrogens is 452 g/mol. The number of hydrogen-bond donors (Lipinski definition) is 1. The van der Waals surface area contributed by atoms with Crippen molar-refractivity contribution in [2.75, 3.05) is 26.8 Å². The first-order valence-electron chi connectivity index (χ1n) is 12.2. The molecule has 190 valence electrons. The Balaban J connectivity index is 1.40. The zero-order valence-corrected chi connectivity index (χ0v) is 20.6. The number of ether oxygens (including phenoxy) is 3. The number of amides is 1. The number of aromatic nitrogens is 3. The number of rotatable bonds is 8. The Morgan fingerprint density at radius 1 is 1.29 bits per heavy atom. The Morgan fingerprint density at radius 2 is 2.11 bits per heavy atom. The second kappa shape index (κ2) is 11.1. The summed E-state index contributed by atoms with van der Waals surface area (Å²) < 4.78 is 18.8. The number of carbonyl (C=O) groups excluding carboxylic acids is 1. The molecule has 1 amide bonds. The number of nitrogens with zero attached hydrogens (tertiary/aromatic N) is 4. The third-order valence-electron chi connectivity index (χ3n) is 6.84. The lowest BCUT2D eigenvalue weighted by atomic mass is 9.87. The van der Waals surface area contributed by atoms with Gasteiger partial charge in [-0.1, -0.05) is 0 Å². The normalized spacial score (nSPS) is 22.1. The molecular formula is C25H34N4O6. The molecule has 1 aliphatic carbocycles. The van der Waals surface area contributed by atoms with E-state index in [0.29, 0.717) is 49.0 Å². The molecule has 2 aromatic heterocycles. The molecule has 10 nitrogen and oxygen atoms in total. The first-order valence-corrected chi connectivity index (χ1v) is 12.2. The predicted octanol–water partition coefficient (Wildman–Crippen LogP) is 3.42. The zero-order chi connectivity index (χ0) is 24.9. The molecule has 1 aliphatic heterocycles. The van der Waals surface area contributed by atoms with Crippen molar-refractivity contribution in [1.82, 2.24) is 19.7 Å². The molecule has 1 N–H and O–H groups in total. The van der Waals surface area contributed by atoms with Crippen LogP contribution in [0.1, 0.15) is 43.5 Å². The van der Waals surface area contributed by atoms with Gasteiger partial charge in [0.05, 0.1) is 41.9 Å². The maximum absolute atomic E-state index is 12.5. The van der Waals surface area contributed by atoms with Gasteiger partial charge < -0.3 is 24.2 Å². The van der Waals surface area contributed by atoms with E-state index in [2.05, 4.69) is 5.10 Å². The quantitative estimate of drug-likeness (QED) is 0.603. The Morgan fingerprint density at radius 3 is 2.83 bits per heavy atom.